The minimum atomic E-state index is -0.527. The van der Waals surface area contributed by atoms with Gasteiger partial charge in [-0.05, 0) is 30.6 Å². The molecule has 0 saturated heterocycles. The molecule has 15 heavy (non-hydrogen) atoms. The fourth-order valence-electron chi connectivity index (χ4n) is 4.21. The van der Waals surface area contributed by atoms with Crippen molar-refractivity contribution in [2.24, 2.45) is 22.7 Å². The van der Waals surface area contributed by atoms with Gasteiger partial charge in [0.05, 0.1) is 5.60 Å². The average Bonchev–Trinajstić information content (AvgIpc) is 2.48. The molecule has 0 aromatic rings. The molecule has 1 heteroatoms. The number of hydrogen-bond donors (Lipinski definition) is 1. The summed E-state index contributed by atoms with van der Waals surface area (Å²) in [6, 6.07) is 0. The van der Waals surface area contributed by atoms with Gasteiger partial charge >= 0.3 is 0 Å². The maximum absolute atomic E-state index is 11.0. The minimum Gasteiger partial charge on any atom is -0.389 e. The lowest BCUT2D eigenvalue weighted by molar-refractivity contribution is -0.113. The van der Waals surface area contributed by atoms with Gasteiger partial charge in [0.25, 0.3) is 0 Å². The van der Waals surface area contributed by atoms with Crippen LogP contribution in [0.3, 0.4) is 0 Å². The van der Waals surface area contributed by atoms with E-state index in [1.54, 1.807) is 0 Å². The molecule has 2 rings (SSSR count). The van der Waals surface area contributed by atoms with Crippen molar-refractivity contribution in [3.63, 3.8) is 0 Å². The summed E-state index contributed by atoms with van der Waals surface area (Å²) in [6.45, 7) is 12.9. The van der Waals surface area contributed by atoms with Crippen LogP contribution in [-0.2, 0) is 0 Å². The highest BCUT2D eigenvalue weighted by Gasteiger charge is 2.69. The van der Waals surface area contributed by atoms with E-state index in [0.29, 0.717) is 5.92 Å². The Kier molecular flexibility index (Phi) is 2.15. The van der Waals surface area contributed by atoms with Crippen molar-refractivity contribution >= 4 is 0 Å². The summed E-state index contributed by atoms with van der Waals surface area (Å²) in [5, 5.41) is 11.0. The molecule has 0 aliphatic heterocycles. The molecule has 0 aromatic carbocycles. The first-order valence-corrected chi connectivity index (χ1v) is 6.14. The number of fused-ring (bicyclic) bond motifs is 2. The Morgan fingerprint density at radius 1 is 1.40 bits per heavy atom. The summed E-state index contributed by atoms with van der Waals surface area (Å²) in [6.07, 6.45) is 5.33. The van der Waals surface area contributed by atoms with Gasteiger partial charge in [-0.2, -0.15) is 0 Å². The summed E-state index contributed by atoms with van der Waals surface area (Å²) in [5.41, 5.74) is -0.182. The predicted octanol–water partition coefficient (Wildman–Crippen LogP) is 3.39. The van der Waals surface area contributed by atoms with Crippen LogP contribution < -0.4 is 0 Å². The van der Waals surface area contributed by atoms with Crippen LogP contribution in [0.4, 0.5) is 0 Å². The minimum absolute atomic E-state index is 0.0677. The summed E-state index contributed by atoms with van der Waals surface area (Å²) < 4.78 is 0. The third-order valence-electron chi connectivity index (χ3n) is 6.06. The Hall–Kier alpha value is -0.300. The number of hydrogen-bond acceptors (Lipinski definition) is 1. The zero-order chi connectivity index (χ0) is 11.5. The molecule has 4 atom stereocenters. The number of aliphatic hydroxyl groups is 1. The lowest BCUT2D eigenvalue weighted by Crippen LogP contribution is -2.51. The molecule has 0 radical (unpaired) electrons. The first kappa shape index (κ1) is 11.2. The molecule has 2 aliphatic rings. The van der Waals surface area contributed by atoms with Gasteiger partial charge in [-0.3, -0.25) is 0 Å². The molecule has 1 nitrogen and oxygen atoms in total. The average molecular weight is 208 g/mol. The topological polar surface area (TPSA) is 20.2 Å². The molecule has 1 unspecified atom stereocenters. The first-order chi connectivity index (χ1) is 6.79. The molecule has 0 amide bonds. The van der Waals surface area contributed by atoms with E-state index in [1.165, 1.54) is 12.8 Å². The van der Waals surface area contributed by atoms with Crippen molar-refractivity contribution in [3.05, 3.63) is 12.7 Å². The number of rotatable bonds is 2. The van der Waals surface area contributed by atoms with E-state index in [4.69, 9.17) is 0 Å². The van der Waals surface area contributed by atoms with Crippen LogP contribution in [-0.4, -0.2) is 10.7 Å². The van der Waals surface area contributed by atoms with Crippen LogP contribution >= 0.6 is 0 Å². The van der Waals surface area contributed by atoms with Gasteiger partial charge in [-0.25, -0.2) is 0 Å². The Morgan fingerprint density at radius 2 is 2.00 bits per heavy atom. The molecule has 2 bridgehead atoms. The summed E-state index contributed by atoms with van der Waals surface area (Å²) in [7, 11) is 0. The lowest BCUT2D eigenvalue weighted by atomic mass is 9.61. The van der Waals surface area contributed by atoms with E-state index in [1.807, 2.05) is 6.08 Å². The summed E-state index contributed by atoms with van der Waals surface area (Å²) in [5.74, 6) is 0.891. The van der Waals surface area contributed by atoms with Gasteiger partial charge in [0, 0.05) is 11.3 Å². The van der Waals surface area contributed by atoms with Gasteiger partial charge in [-0.15, -0.1) is 6.58 Å². The molecule has 0 heterocycles. The van der Waals surface area contributed by atoms with Crippen molar-refractivity contribution in [3.8, 4) is 0 Å². The largest absolute Gasteiger partial charge is 0.389 e. The molecule has 86 valence electrons. The van der Waals surface area contributed by atoms with E-state index < -0.39 is 5.60 Å². The predicted molar refractivity (Wildman–Crippen MR) is 63.5 cm³/mol. The van der Waals surface area contributed by atoms with Crippen LogP contribution in [0.2, 0.25) is 0 Å². The van der Waals surface area contributed by atoms with Crippen LogP contribution in [0.25, 0.3) is 0 Å². The molecular formula is C14H24O. The van der Waals surface area contributed by atoms with Gasteiger partial charge in [0.2, 0.25) is 0 Å². The zero-order valence-corrected chi connectivity index (χ0v) is 10.5. The van der Waals surface area contributed by atoms with Crippen molar-refractivity contribution in [2.45, 2.75) is 52.6 Å². The van der Waals surface area contributed by atoms with Gasteiger partial charge in [-0.1, -0.05) is 33.8 Å². The van der Waals surface area contributed by atoms with Crippen LogP contribution in [0.5, 0.6) is 0 Å². The second kappa shape index (κ2) is 2.88. The maximum Gasteiger partial charge on any atom is 0.0768 e. The van der Waals surface area contributed by atoms with Gasteiger partial charge in [0.15, 0.2) is 0 Å². The Balaban J connectivity index is 2.45. The zero-order valence-electron chi connectivity index (χ0n) is 10.5. The Morgan fingerprint density at radius 3 is 2.33 bits per heavy atom. The quantitative estimate of drug-likeness (QED) is 0.690. The normalized spacial score (nSPS) is 49.3. The highest BCUT2D eigenvalue weighted by molar-refractivity contribution is 5.20. The van der Waals surface area contributed by atoms with Crippen molar-refractivity contribution in [2.75, 3.05) is 0 Å². The van der Waals surface area contributed by atoms with E-state index in [0.717, 1.165) is 6.42 Å². The first-order valence-electron chi connectivity index (χ1n) is 6.14. The molecule has 2 aliphatic carbocycles. The van der Waals surface area contributed by atoms with Crippen LogP contribution in [0.15, 0.2) is 12.7 Å². The van der Waals surface area contributed by atoms with Crippen molar-refractivity contribution in [1.29, 1.82) is 0 Å². The molecular weight excluding hydrogens is 184 g/mol. The van der Waals surface area contributed by atoms with E-state index in [9.17, 15) is 5.11 Å². The second-order valence-corrected chi connectivity index (χ2v) is 6.44. The second-order valence-electron chi connectivity index (χ2n) is 6.44. The van der Waals surface area contributed by atoms with E-state index >= 15 is 0 Å². The molecule has 0 aromatic heterocycles. The molecule has 2 fully saturated rings. The molecule has 2 saturated carbocycles. The van der Waals surface area contributed by atoms with Crippen molar-refractivity contribution < 1.29 is 5.11 Å². The van der Waals surface area contributed by atoms with E-state index in [2.05, 4.69) is 34.3 Å². The third-order valence-corrected chi connectivity index (χ3v) is 6.06. The molecule has 1 N–H and O–H groups in total. The third kappa shape index (κ3) is 1.03. The highest BCUT2D eigenvalue weighted by Crippen LogP contribution is 2.71. The summed E-state index contributed by atoms with van der Waals surface area (Å²) in [4.78, 5) is 0. The standard InChI is InChI=1S/C14H24O/c1-6-10(2)14(15)9-11-7-8-13(14,5)12(11,3)4/h6,10-11,15H,1,7-9H2,2-5H3/t10?,11-,13-,14+/m1/s1. The van der Waals surface area contributed by atoms with Gasteiger partial charge in [0.1, 0.15) is 0 Å². The smallest absolute Gasteiger partial charge is 0.0768 e. The highest BCUT2D eigenvalue weighted by atomic mass is 16.3. The Labute approximate surface area is 93.6 Å². The fraction of sp³-hybridized carbons (Fsp3) is 0.857. The Bertz CT molecular complexity index is 294. The van der Waals surface area contributed by atoms with Crippen LogP contribution in [0, 0.1) is 22.7 Å². The maximum atomic E-state index is 11.0. The SMILES string of the molecule is C=CC(C)[C@@]1(O)C[C@H]2CC[C@]1(C)C2(C)C. The monoisotopic (exact) mass is 208 g/mol. The van der Waals surface area contributed by atoms with Gasteiger partial charge < -0.3 is 5.11 Å². The fourth-order valence-corrected chi connectivity index (χ4v) is 4.21. The summed E-state index contributed by atoms with van der Waals surface area (Å²) >= 11 is 0. The van der Waals surface area contributed by atoms with E-state index in [-0.39, 0.29) is 16.7 Å². The van der Waals surface area contributed by atoms with Crippen LogP contribution in [0.1, 0.15) is 47.0 Å². The van der Waals surface area contributed by atoms with Crippen molar-refractivity contribution in [1.82, 2.24) is 0 Å². The lowest BCUT2D eigenvalue weighted by Gasteiger charge is -2.48. The molecule has 0 spiro atoms.